The maximum absolute atomic E-state index is 10.3. The van der Waals surface area contributed by atoms with E-state index in [9.17, 15) is 5.11 Å². The molecule has 0 fully saturated rings. The van der Waals surface area contributed by atoms with E-state index in [0.29, 0.717) is 19.7 Å². The molecule has 0 aliphatic carbocycles. The van der Waals surface area contributed by atoms with E-state index in [2.05, 4.69) is 18.7 Å². The van der Waals surface area contributed by atoms with Crippen LogP contribution in [0.1, 0.15) is 25.2 Å². The molecule has 0 aliphatic heterocycles. The largest absolute Gasteiger partial charge is 0.497 e. The lowest BCUT2D eigenvalue weighted by atomic mass is 10.1. The Kier molecular flexibility index (Phi) is 7.97. The summed E-state index contributed by atoms with van der Waals surface area (Å²) in [6, 6.07) is 9.75. The predicted octanol–water partition coefficient (Wildman–Crippen LogP) is 3.08. The predicted molar refractivity (Wildman–Crippen MR) is 99.5 cm³/mol. The molecule has 1 atom stereocenters. The minimum atomic E-state index is -0.583. The van der Waals surface area contributed by atoms with Crippen LogP contribution in [0.25, 0.3) is 0 Å². The molecule has 0 saturated carbocycles. The molecule has 6 nitrogen and oxygen atoms in total. The molecule has 0 spiro atoms. The van der Waals surface area contributed by atoms with Crippen molar-refractivity contribution in [1.29, 1.82) is 0 Å². The van der Waals surface area contributed by atoms with Gasteiger partial charge in [0, 0.05) is 25.2 Å². The molecule has 1 unspecified atom stereocenters. The van der Waals surface area contributed by atoms with Gasteiger partial charge < -0.3 is 23.7 Å². The number of methoxy groups -OCH3 is 2. The standard InChI is InChI=1S/C20H29NO5/c1-15(2)21(11-16-8-19(23-3)10-20(9-16)24-4)12-17(22)13-25-14-18-6-5-7-26-18/h5-10,15,17,22H,11-14H2,1-4H3. The molecule has 2 rings (SSSR count). The molecule has 1 aromatic heterocycles. The zero-order valence-electron chi connectivity index (χ0n) is 16.0. The number of furan rings is 1. The fraction of sp³-hybridized carbons (Fsp3) is 0.500. The summed E-state index contributed by atoms with van der Waals surface area (Å²) in [5.41, 5.74) is 1.07. The number of aliphatic hydroxyl groups is 1. The minimum Gasteiger partial charge on any atom is -0.497 e. The van der Waals surface area contributed by atoms with Crippen LogP contribution in [0.5, 0.6) is 11.5 Å². The van der Waals surface area contributed by atoms with Crippen LogP contribution in [-0.2, 0) is 17.9 Å². The Labute approximate surface area is 155 Å². The maximum Gasteiger partial charge on any atom is 0.129 e. The van der Waals surface area contributed by atoms with Crippen molar-refractivity contribution in [3.05, 3.63) is 47.9 Å². The molecule has 0 bridgehead atoms. The van der Waals surface area contributed by atoms with E-state index in [1.165, 1.54) is 0 Å². The number of hydrogen-bond acceptors (Lipinski definition) is 6. The molecular formula is C20H29NO5. The third-order valence-corrected chi connectivity index (χ3v) is 4.11. The number of rotatable bonds is 11. The first-order valence-electron chi connectivity index (χ1n) is 8.76. The Morgan fingerprint density at radius 2 is 1.81 bits per heavy atom. The van der Waals surface area contributed by atoms with E-state index >= 15 is 0 Å². The first-order valence-corrected chi connectivity index (χ1v) is 8.76. The minimum absolute atomic E-state index is 0.255. The molecule has 1 heterocycles. The quantitative estimate of drug-likeness (QED) is 0.662. The Balaban J connectivity index is 1.91. The number of aliphatic hydroxyl groups excluding tert-OH is 1. The van der Waals surface area contributed by atoms with Crippen LogP contribution >= 0.6 is 0 Å². The van der Waals surface area contributed by atoms with Crippen molar-refractivity contribution in [3.63, 3.8) is 0 Å². The molecule has 1 N–H and O–H groups in total. The second-order valence-electron chi connectivity index (χ2n) is 6.49. The molecule has 0 radical (unpaired) electrons. The fourth-order valence-corrected chi connectivity index (χ4v) is 2.66. The van der Waals surface area contributed by atoms with Crippen molar-refractivity contribution < 1.29 is 23.7 Å². The average molecular weight is 363 g/mol. The normalized spacial score (nSPS) is 12.6. The van der Waals surface area contributed by atoms with Gasteiger partial charge in [0.25, 0.3) is 0 Å². The average Bonchev–Trinajstić information content (AvgIpc) is 3.14. The monoisotopic (exact) mass is 363 g/mol. The van der Waals surface area contributed by atoms with Crippen molar-refractivity contribution >= 4 is 0 Å². The molecule has 1 aromatic carbocycles. The lowest BCUT2D eigenvalue weighted by molar-refractivity contribution is -0.00117. The van der Waals surface area contributed by atoms with Gasteiger partial charge in [0.1, 0.15) is 23.9 Å². The van der Waals surface area contributed by atoms with Crippen molar-refractivity contribution in [1.82, 2.24) is 4.90 Å². The molecule has 0 amide bonds. The van der Waals surface area contributed by atoms with E-state index in [4.69, 9.17) is 18.6 Å². The molecule has 26 heavy (non-hydrogen) atoms. The molecule has 2 aromatic rings. The van der Waals surface area contributed by atoms with Gasteiger partial charge in [-0.3, -0.25) is 4.90 Å². The first kappa shape index (κ1) is 20.3. The smallest absolute Gasteiger partial charge is 0.129 e. The molecular weight excluding hydrogens is 334 g/mol. The van der Waals surface area contributed by atoms with Crippen molar-refractivity contribution in [2.45, 2.75) is 39.1 Å². The second kappa shape index (κ2) is 10.2. The van der Waals surface area contributed by atoms with Gasteiger partial charge >= 0.3 is 0 Å². The van der Waals surface area contributed by atoms with Crippen LogP contribution < -0.4 is 9.47 Å². The first-order chi connectivity index (χ1) is 12.5. The molecule has 6 heteroatoms. The van der Waals surface area contributed by atoms with Crippen molar-refractivity contribution in [2.75, 3.05) is 27.4 Å². The topological polar surface area (TPSA) is 64.3 Å². The van der Waals surface area contributed by atoms with E-state index in [1.807, 2.05) is 30.3 Å². The number of ether oxygens (including phenoxy) is 3. The van der Waals surface area contributed by atoms with Gasteiger partial charge in [-0.1, -0.05) is 0 Å². The molecule has 0 saturated heterocycles. The van der Waals surface area contributed by atoms with Gasteiger partial charge in [0.15, 0.2) is 0 Å². The van der Waals surface area contributed by atoms with Gasteiger partial charge in [-0.15, -0.1) is 0 Å². The summed E-state index contributed by atoms with van der Waals surface area (Å²) in [6.07, 6.45) is 1.03. The third-order valence-electron chi connectivity index (χ3n) is 4.11. The van der Waals surface area contributed by atoms with Gasteiger partial charge in [-0.2, -0.15) is 0 Å². The summed E-state index contributed by atoms with van der Waals surface area (Å²) in [5, 5.41) is 10.3. The van der Waals surface area contributed by atoms with E-state index in [1.54, 1.807) is 20.5 Å². The second-order valence-corrected chi connectivity index (χ2v) is 6.49. The summed E-state index contributed by atoms with van der Waals surface area (Å²) in [7, 11) is 3.28. The Hall–Kier alpha value is -2.02. The van der Waals surface area contributed by atoms with Crippen LogP contribution in [0, 0.1) is 0 Å². The zero-order chi connectivity index (χ0) is 18.9. The third kappa shape index (κ3) is 6.37. The highest BCUT2D eigenvalue weighted by Gasteiger charge is 2.16. The number of hydrogen-bond donors (Lipinski definition) is 1. The molecule has 144 valence electrons. The summed E-state index contributed by atoms with van der Waals surface area (Å²) in [4.78, 5) is 2.19. The van der Waals surface area contributed by atoms with E-state index < -0.39 is 6.10 Å². The summed E-state index contributed by atoms with van der Waals surface area (Å²) >= 11 is 0. The van der Waals surface area contributed by atoms with E-state index in [0.717, 1.165) is 22.8 Å². The van der Waals surface area contributed by atoms with Gasteiger partial charge in [-0.05, 0) is 43.7 Å². The number of nitrogens with zero attached hydrogens (tertiary/aromatic N) is 1. The number of benzene rings is 1. The highest BCUT2D eigenvalue weighted by Crippen LogP contribution is 2.24. The van der Waals surface area contributed by atoms with Crippen molar-refractivity contribution in [3.8, 4) is 11.5 Å². The van der Waals surface area contributed by atoms with E-state index in [-0.39, 0.29) is 12.6 Å². The molecule has 0 aliphatic rings. The summed E-state index contributed by atoms with van der Waals surface area (Å²) in [6.45, 7) is 6.02. The van der Waals surface area contributed by atoms with Gasteiger partial charge in [0.2, 0.25) is 0 Å². The maximum atomic E-state index is 10.3. The Bertz CT molecular complexity index is 619. The van der Waals surface area contributed by atoms with Gasteiger partial charge in [0.05, 0.1) is 33.2 Å². The van der Waals surface area contributed by atoms with Crippen LogP contribution in [0.3, 0.4) is 0 Å². The summed E-state index contributed by atoms with van der Waals surface area (Å²) < 4.78 is 21.4. The van der Waals surface area contributed by atoms with Crippen LogP contribution in [0.15, 0.2) is 41.0 Å². The van der Waals surface area contributed by atoms with Crippen LogP contribution in [-0.4, -0.2) is 49.5 Å². The van der Waals surface area contributed by atoms with Crippen LogP contribution in [0.2, 0.25) is 0 Å². The highest BCUT2D eigenvalue weighted by atomic mass is 16.5. The summed E-state index contributed by atoms with van der Waals surface area (Å²) in [5.74, 6) is 2.26. The lowest BCUT2D eigenvalue weighted by Gasteiger charge is -2.29. The SMILES string of the molecule is COc1cc(CN(CC(O)COCc2ccco2)C(C)C)cc(OC)c1. The fourth-order valence-electron chi connectivity index (χ4n) is 2.66. The van der Waals surface area contributed by atoms with Crippen molar-refractivity contribution in [2.24, 2.45) is 0 Å². The zero-order valence-corrected chi connectivity index (χ0v) is 16.0. The highest BCUT2D eigenvalue weighted by molar-refractivity contribution is 5.38. The Morgan fingerprint density at radius 3 is 2.35 bits per heavy atom. The van der Waals surface area contributed by atoms with Crippen LogP contribution in [0.4, 0.5) is 0 Å². The van der Waals surface area contributed by atoms with Gasteiger partial charge in [-0.25, -0.2) is 0 Å². The lowest BCUT2D eigenvalue weighted by Crippen LogP contribution is -2.38. The Morgan fingerprint density at radius 1 is 1.12 bits per heavy atom.